The largest absolute Gasteiger partial charge is 0.365 e. The predicted molar refractivity (Wildman–Crippen MR) is 84.9 cm³/mol. The number of aromatic nitrogens is 2. The van der Waals surface area contributed by atoms with Crippen molar-refractivity contribution in [2.24, 2.45) is 0 Å². The Hall–Kier alpha value is -1.14. The van der Waals surface area contributed by atoms with Crippen LogP contribution in [0, 0.1) is 6.92 Å². The minimum Gasteiger partial charge on any atom is -0.365 e. The fourth-order valence-corrected chi connectivity index (χ4v) is 2.75. The average Bonchev–Trinajstić information content (AvgIpc) is 2.82. The zero-order valence-corrected chi connectivity index (χ0v) is 13.4. The van der Waals surface area contributed by atoms with Gasteiger partial charge in [-0.25, -0.2) is 4.98 Å². The van der Waals surface area contributed by atoms with Crippen molar-refractivity contribution >= 4 is 39.0 Å². The van der Waals surface area contributed by atoms with Gasteiger partial charge in [-0.3, -0.25) is 0 Å². The van der Waals surface area contributed by atoms with E-state index in [1.54, 1.807) is 17.5 Å². The highest BCUT2D eigenvalue weighted by molar-refractivity contribution is 9.10. The Morgan fingerprint density at radius 3 is 2.84 bits per heavy atom. The molecule has 4 nitrogen and oxygen atoms in total. The van der Waals surface area contributed by atoms with E-state index in [0.29, 0.717) is 5.95 Å². The van der Waals surface area contributed by atoms with Crippen LogP contribution in [0.25, 0.3) is 0 Å². The third-order valence-corrected chi connectivity index (χ3v) is 4.18. The van der Waals surface area contributed by atoms with E-state index < -0.39 is 0 Å². The molecule has 0 atom stereocenters. The predicted octanol–water partition coefficient (Wildman–Crippen LogP) is 4.04. The molecule has 0 fully saturated rings. The topological polar surface area (TPSA) is 49.8 Å². The molecule has 2 aromatic heterocycles. The number of thiophene rings is 1. The van der Waals surface area contributed by atoms with E-state index in [4.69, 9.17) is 0 Å². The van der Waals surface area contributed by atoms with E-state index in [0.717, 1.165) is 29.8 Å². The molecule has 0 saturated carbocycles. The SMILES string of the molecule is CCCNc1ncc(Br)c(NCc2cscc2C)n1. The van der Waals surface area contributed by atoms with Gasteiger partial charge in [-0.2, -0.15) is 16.3 Å². The number of aryl methyl sites for hydroxylation is 1. The van der Waals surface area contributed by atoms with Crippen molar-refractivity contribution in [1.82, 2.24) is 9.97 Å². The molecule has 2 N–H and O–H groups in total. The quantitative estimate of drug-likeness (QED) is 0.832. The molecule has 0 bridgehead atoms. The highest BCUT2D eigenvalue weighted by Crippen LogP contribution is 2.22. The Morgan fingerprint density at radius 1 is 1.32 bits per heavy atom. The molecule has 0 unspecified atom stereocenters. The Balaban J connectivity index is 2.04. The van der Waals surface area contributed by atoms with Crippen LogP contribution in [0.5, 0.6) is 0 Å². The molecular formula is C13H17BrN4S. The van der Waals surface area contributed by atoms with Gasteiger partial charge >= 0.3 is 0 Å². The minimum absolute atomic E-state index is 0.662. The van der Waals surface area contributed by atoms with Crippen LogP contribution in [0.3, 0.4) is 0 Å². The molecule has 0 aliphatic heterocycles. The van der Waals surface area contributed by atoms with Crippen molar-refractivity contribution in [2.45, 2.75) is 26.8 Å². The summed E-state index contributed by atoms with van der Waals surface area (Å²) in [6, 6.07) is 0. The molecule has 6 heteroatoms. The average molecular weight is 341 g/mol. The van der Waals surface area contributed by atoms with Crippen LogP contribution in [0.1, 0.15) is 24.5 Å². The molecule has 2 rings (SSSR count). The van der Waals surface area contributed by atoms with Gasteiger partial charge in [0.15, 0.2) is 0 Å². The standard InChI is InChI=1S/C13H17BrN4S/c1-3-4-15-13-17-6-11(14)12(18-13)16-5-10-8-19-7-9(10)2/h6-8H,3-5H2,1-2H3,(H2,15,16,17,18). The lowest BCUT2D eigenvalue weighted by atomic mass is 10.2. The highest BCUT2D eigenvalue weighted by atomic mass is 79.9. The summed E-state index contributed by atoms with van der Waals surface area (Å²) in [5.74, 6) is 1.48. The molecule has 0 aliphatic rings. The molecule has 19 heavy (non-hydrogen) atoms. The maximum atomic E-state index is 4.46. The first-order valence-electron chi connectivity index (χ1n) is 6.22. The molecule has 0 amide bonds. The van der Waals surface area contributed by atoms with Gasteiger partial charge in [0.25, 0.3) is 0 Å². The molecule has 2 heterocycles. The number of anilines is 2. The third kappa shape index (κ3) is 3.91. The van der Waals surface area contributed by atoms with Crippen molar-refractivity contribution in [3.8, 4) is 0 Å². The van der Waals surface area contributed by atoms with Crippen LogP contribution in [0.2, 0.25) is 0 Å². The van der Waals surface area contributed by atoms with Crippen LogP contribution >= 0.6 is 27.3 Å². The maximum absolute atomic E-state index is 4.46. The highest BCUT2D eigenvalue weighted by Gasteiger charge is 2.06. The van der Waals surface area contributed by atoms with E-state index in [1.807, 2.05) is 0 Å². The summed E-state index contributed by atoms with van der Waals surface area (Å²) in [6.45, 7) is 5.89. The fourth-order valence-electron chi connectivity index (χ4n) is 1.56. The number of hydrogen-bond acceptors (Lipinski definition) is 5. The Bertz CT molecular complexity index is 541. The van der Waals surface area contributed by atoms with Crippen LogP contribution in [0.4, 0.5) is 11.8 Å². The van der Waals surface area contributed by atoms with Crippen LogP contribution in [0.15, 0.2) is 21.4 Å². The van der Waals surface area contributed by atoms with Crippen LogP contribution in [-0.4, -0.2) is 16.5 Å². The summed E-state index contributed by atoms with van der Waals surface area (Å²) in [4.78, 5) is 8.69. The summed E-state index contributed by atoms with van der Waals surface area (Å²) in [5.41, 5.74) is 2.62. The lowest BCUT2D eigenvalue weighted by Gasteiger charge is -2.09. The van der Waals surface area contributed by atoms with Gasteiger partial charge in [-0.1, -0.05) is 6.92 Å². The molecule has 0 spiro atoms. The molecule has 0 aliphatic carbocycles. The number of hydrogen-bond donors (Lipinski definition) is 2. The van der Waals surface area contributed by atoms with E-state index in [1.165, 1.54) is 11.1 Å². The van der Waals surface area contributed by atoms with Crippen molar-refractivity contribution in [1.29, 1.82) is 0 Å². The maximum Gasteiger partial charge on any atom is 0.224 e. The number of nitrogens with zero attached hydrogens (tertiary/aromatic N) is 2. The molecule has 2 aromatic rings. The normalized spacial score (nSPS) is 10.5. The van der Waals surface area contributed by atoms with E-state index in [2.05, 4.69) is 61.1 Å². The minimum atomic E-state index is 0.662. The van der Waals surface area contributed by atoms with Crippen LogP contribution in [-0.2, 0) is 6.54 Å². The molecule has 0 saturated heterocycles. The Labute approximate surface area is 125 Å². The van der Waals surface area contributed by atoms with E-state index in [9.17, 15) is 0 Å². The van der Waals surface area contributed by atoms with Gasteiger partial charge in [-0.05, 0) is 51.2 Å². The van der Waals surface area contributed by atoms with Crippen molar-refractivity contribution in [2.75, 3.05) is 17.2 Å². The number of halogens is 1. The Kier molecular flexibility index (Phi) is 5.15. The van der Waals surface area contributed by atoms with Gasteiger partial charge in [0.05, 0.1) is 4.47 Å². The van der Waals surface area contributed by atoms with Gasteiger partial charge in [0, 0.05) is 19.3 Å². The lowest BCUT2D eigenvalue weighted by molar-refractivity contribution is 0.948. The summed E-state index contributed by atoms with van der Waals surface area (Å²) in [5, 5.41) is 10.8. The lowest BCUT2D eigenvalue weighted by Crippen LogP contribution is -2.08. The molecule has 102 valence electrons. The van der Waals surface area contributed by atoms with Crippen molar-refractivity contribution < 1.29 is 0 Å². The summed E-state index contributed by atoms with van der Waals surface area (Å²) in [7, 11) is 0. The number of rotatable bonds is 6. The van der Waals surface area contributed by atoms with Gasteiger partial charge < -0.3 is 10.6 Å². The van der Waals surface area contributed by atoms with Crippen LogP contribution < -0.4 is 10.6 Å². The van der Waals surface area contributed by atoms with E-state index >= 15 is 0 Å². The summed E-state index contributed by atoms with van der Waals surface area (Å²) >= 11 is 5.19. The van der Waals surface area contributed by atoms with Crippen molar-refractivity contribution in [3.63, 3.8) is 0 Å². The van der Waals surface area contributed by atoms with Gasteiger partial charge in [0.2, 0.25) is 5.95 Å². The third-order valence-electron chi connectivity index (χ3n) is 2.69. The first-order valence-corrected chi connectivity index (χ1v) is 7.96. The first kappa shape index (κ1) is 14.3. The molecule has 0 radical (unpaired) electrons. The van der Waals surface area contributed by atoms with Crippen molar-refractivity contribution in [3.05, 3.63) is 32.6 Å². The monoisotopic (exact) mass is 340 g/mol. The second kappa shape index (κ2) is 6.86. The first-order chi connectivity index (χ1) is 9.20. The summed E-state index contributed by atoms with van der Waals surface area (Å²) in [6.07, 6.45) is 2.82. The second-order valence-corrected chi connectivity index (χ2v) is 5.85. The molecular weight excluding hydrogens is 324 g/mol. The van der Waals surface area contributed by atoms with Gasteiger partial charge in [0.1, 0.15) is 5.82 Å². The van der Waals surface area contributed by atoms with Gasteiger partial charge in [-0.15, -0.1) is 0 Å². The fraction of sp³-hybridized carbons (Fsp3) is 0.385. The van der Waals surface area contributed by atoms with E-state index in [-0.39, 0.29) is 0 Å². The smallest absolute Gasteiger partial charge is 0.224 e. The number of nitrogens with one attached hydrogen (secondary N) is 2. The summed E-state index contributed by atoms with van der Waals surface area (Å²) < 4.78 is 0.877. The Morgan fingerprint density at radius 2 is 2.16 bits per heavy atom. The zero-order valence-electron chi connectivity index (χ0n) is 11.0. The molecule has 0 aromatic carbocycles. The second-order valence-electron chi connectivity index (χ2n) is 4.25. The zero-order chi connectivity index (χ0) is 13.7.